The second kappa shape index (κ2) is 8.57. The second-order valence-electron chi connectivity index (χ2n) is 5.18. The topological polar surface area (TPSA) is 66.4 Å². The Kier molecular flexibility index (Phi) is 6.75. The summed E-state index contributed by atoms with van der Waals surface area (Å²) in [7, 11) is 4.72. The highest BCUT2D eigenvalue weighted by Crippen LogP contribution is 2.27. The molecule has 1 aliphatic rings. The highest BCUT2D eigenvalue weighted by Gasteiger charge is 2.46. The zero-order chi connectivity index (χ0) is 15.9. The van der Waals surface area contributed by atoms with E-state index in [0.29, 0.717) is 13.2 Å². The molecule has 1 aromatic carbocycles. The van der Waals surface area contributed by atoms with Crippen LogP contribution in [-0.2, 0) is 30.3 Å². The van der Waals surface area contributed by atoms with Gasteiger partial charge in [0.25, 0.3) is 0 Å². The van der Waals surface area contributed by atoms with E-state index in [1.807, 2.05) is 30.3 Å². The van der Waals surface area contributed by atoms with Gasteiger partial charge >= 0.3 is 0 Å². The second-order valence-corrected chi connectivity index (χ2v) is 5.18. The normalized spacial score (nSPS) is 32.1. The van der Waals surface area contributed by atoms with Crippen molar-refractivity contribution in [2.45, 2.75) is 37.3 Å². The molecule has 2 rings (SSSR count). The highest BCUT2D eigenvalue weighted by atomic mass is 16.7. The van der Waals surface area contributed by atoms with Crippen molar-refractivity contribution in [3.63, 3.8) is 0 Å². The molecular weight excluding hydrogens is 288 g/mol. The van der Waals surface area contributed by atoms with Gasteiger partial charge in [0.1, 0.15) is 24.4 Å². The summed E-state index contributed by atoms with van der Waals surface area (Å²) in [6.45, 7) is 0.665. The maximum absolute atomic E-state index is 10.2. The minimum atomic E-state index is -1.10. The molecule has 6 nitrogen and oxygen atoms in total. The molecule has 1 N–H and O–H groups in total. The minimum Gasteiger partial charge on any atom is -0.382 e. The van der Waals surface area contributed by atoms with E-state index in [1.165, 1.54) is 0 Å². The number of aliphatic hydroxyl groups excluding tert-OH is 1. The SMILES string of the molecule is COC[C@H]1O[C@H](O)[C@H](OCc2ccccc2)[C@@H](OC)[C@@H]1OC. The van der Waals surface area contributed by atoms with E-state index in [1.54, 1.807) is 21.3 Å². The molecular formula is C16H24O6. The number of methoxy groups -OCH3 is 3. The molecule has 6 heteroatoms. The molecule has 0 aliphatic carbocycles. The first-order chi connectivity index (χ1) is 10.7. The first-order valence-electron chi connectivity index (χ1n) is 7.24. The van der Waals surface area contributed by atoms with E-state index >= 15 is 0 Å². The van der Waals surface area contributed by atoms with E-state index < -0.39 is 24.6 Å². The third-order valence-electron chi connectivity index (χ3n) is 3.77. The van der Waals surface area contributed by atoms with Gasteiger partial charge in [-0.3, -0.25) is 0 Å². The third-order valence-corrected chi connectivity index (χ3v) is 3.77. The number of hydrogen-bond acceptors (Lipinski definition) is 6. The summed E-state index contributed by atoms with van der Waals surface area (Å²) in [6, 6.07) is 9.73. The van der Waals surface area contributed by atoms with Gasteiger partial charge in [-0.05, 0) is 5.56 Å². The quantitative estimate of drug-likeness (QED) is 0.809. The van der Waals surface area contributed by atoms with Crippen LogP contribution in [0.25, 0.3) is 0 Å². The van der Waals surface area contributed by atoms with Crippen LogP contribution in [0.3, 0.4) is 0 Å². The van der Waals surface area contributed by atoms with E-state index in [0.717, 1.165) is 5.56 Å². The lowest BCUT2D eigenvalue weighted by atomic mass is 9.98. The Balaban J connectivity index is 2.05. The number of rotatable bonds is 7. The van der Waals surface area contributed by atoms with Gasteiger partial charge in [-0.15, -0.1) is 0 Å². The molecule has 22 heavy (non-hydrogen) atoms. The number of ether oxygens (including phenoxy) is 5. The Labute approximate surface area is 130 Å². The highest BCUT2D eigenvalue weighted by molar-refractivity contribution is 5.13. The van der Waals surface area contributed by atoms with E-state index in [9.17, 15) is 5.11 Å². The van der Waals surface area contributed by atoms with Crippen LogP contribution in [-0.4, -0.2) is 63.7 Å². The fraction of sp³-hybridized carbons (Fsp3) is 0.625. The minimum absolute atomic E-state index is 0.306. The average Bonchev–Trinajstić information content (AvgIpc) is 2.54. The molecule has 0 bridgehead atoms. The first-order valence-corrected chi connectivity index (χ1v) is 7.24. The monoisotopic (exact) mass is 312 g/mol. The van der Waals surface area contributed by atoms with Crippen molar-refractivity contribution in [3.05, 3.63) is 35.9 Å². The van der Waals surface area contributed by atoms with Crippen LogP contribution in [0, 0.1) is 0 Å². The van der Waals surface area contributed by atoms with Crippen molar-refractivity contribution >= 4 is 0 Å². The van der Waals surface area contributed by atoms with E-state index in [4.69, 9.17) is 23.7 Å². The standard InChI is InChI=1S/C16H24O6/c1-18-10-12-13(19-2)14(20-3)15(16(17)22-12)21-9-11-7-5-4-6-8-11/h4-8,12-17H,9-10H2,1-3H3/t12-,13-,14+,15-,16+/m1/s1. The molecule has 0 aromatic heterocycles. The maximum Gasteiger partial charge on any atom is 0.184 e. The zero-order valence-electron chi connectivity index (χ0n) is 13.2. The molecule has 1 heterocycles. The van der Waals surface area contributed by atoms with Crippen LogP contribution >= 0.6 is 0 Å². The molecule has 1 saturated heterocycles. The van der Waals surface area contributed by atoms with E-state index in [-0.39, 0.29) is 6.10 Å². The predicted octanol–water partition coefficient (Wildman–Crippen LogP) is 0.965. The number of aliphatic hydroxyl groups is 1. The van der Waals surface area contributed by atoms with Gasteiger partial charge in [0.15, 0.2) is 6.29 Å². The molecule has 0 unspecified atom stereocenters. The van der Waals surface area contributed by atoms with Crippen LogP contribution in [0.4, 0.5) is 0 Å². The van der Waals surface area contributed by atoms with Crippen molar-refractivity contribution in [1.82, 2.24) is 0 Å². The molecule has 1 aromatic rings. The molecule has 1 fully saturated rings. The summed E-state index contributed by atoms with van der Waals surface area (Å²) in [6.07, 6.45) is -2.97. The Morgan fingerprint density at radius 3 is 2.27 bits per heavy atom. The van der Waals surface area contributed by atoms with Gasteiger partial charge < -0.3 is 28.8 Å². The van der Waals surface area contributed by atoms with Crippen LogP contribution in [0.15, 0.2) is 30.3 Å². The van der Waals surface area contributed by atoms with Gasteiger partial charge in [-0.25, -0.2) is 0 Å². The first kappa shape index (κ1) is 17.3. The maximum atomic E-state index is 10.2. The van der Waals surface area contributed by atoms with Crippen LogP contribution in [0.1, 0.15) is 5.56 Å². The molecule has 1 aliphatic heterocycles. The Morgan fingerprint density at radius 2 is 1.68 bits per heavy atom. The van der Waals surface area contributed by atoms with Gasteiger partial charge in [-0.1, -0.05) is 30.3 Å². The van der Waals surface area contributed by atoms with Crippen molar-refractivity contribution in [3.8, 4) is 0 Å². The van der Waals surface area contributed by atoms with Crippen LogP contribution < -0.4 is 0 Å². The van der Waals surface area contributed by atoms with Gasteiger partial charge in [0.05, 0.1) is 13.2 Å². The number of benzene rings is 1. The lowest BCUT2D eigenvalue weighted by Crippen LogP contribution is -2.60. The lowest BCUT2D eigenvalue weighted by Gasteiger charge is -2.43. The van der Waals surface area contributed by atoms with Crippen molar-refractivity contribution < 1.29 is 28.8 Å². The molecule has 0 spiro atoms. The Hall–Kier alpha value is -1.02. The van der Waals surface area contributed by atoms with Crippen molar-refractivity contribution in [2.24, 2.45) is 0 Å². The fourth-order valence-corrected chi connectivity index (χ4v) is 2.69. The average molecular weight is 312 g/mol. The summed E-state index contributed by atoms with van der Waals surface area (Å²) < 4.78 is 27.5. The molecule has 5 atom stereocenters. The summed E-state index contributed by atoms with van der Waals surface area (Å²) in [5.74, 6) is 0. The Bertz CT molecular complexity index is 426. The Morgan fingerprint density at radius 1 is 1.00 bits per heavy atom. The van der Waals surface area contributed by atoms with Gasteiger partial charge in [-0.2, -0.15) is 0 Å². The summed E-state index contributed by atoms with van der Waals surface area (Å²) >= 11 is 0. The smallest absolute Gasteiger partial charge is 0.184 e. The summed E-state index contributed by atoms with van der Waals surface area (Å²) in [5.41, 5.74) is 1.01. The number of hydrogen-bond donors (Lipinski definition) is 1. The fourth-order valence-electron chi connectivity index (χ4n) is 2.69. The zero-order valence-corrected chi connectivity index (χ0v) is 13.2. The molecule has 124 valence electrons. The summed E-state index contributed by atoms with van der Waals surface area (Å²) in [5, 5.41) is 10.2. The van der Waals surface area contributed by atoms with Crippen LogP contribution in [0.2, 0.25) is 0 Å². The van der Waals surface area contributed by atoms with E-state index in [2.05, 4.69) is 0 Å². The lowest BCUT2D eigenvalue weighted by molar-refractivity contribution is -0.306. The third kappa shape index (κ3) is 4.04. The largest absolute Gasteiger partial charge is 0.382 e. The van der Waals surface area contributed by atoms with Crippen molar-refractivity contribution in [1.29, 1.82) is 0 Å². The van der Waals surface area contributed by atoms with Crippen molar-refractivity contribution in [2.75, 3.05) is 27.9 Å². The molecule has 0 saturated carbocycles. The van der Waals surface area contributed by atoms with Crippen LogP contribution in [0.5, 0.6) is 0 Å². The van der Waals surface area contributed by atoms with Gasteiger partial charge in [0, 0.05) is 21.3 Å². The predicted molar refractivity (Wildman–Crippen MR) is 79.4 cm³/mol. The van der Waals surface area contributed by atoms with Gasteiger partial charge in [0.2, 0.25) is 0 Å². The molecule has 0 amide bonds. The summed E-state index contributed by atoms with van der Waals surface area (Å²) in [4.78, 5) is 0. The molecule has 0 radical (unpaired) electrons.